The van der Waals surface area contributed by atoms with Crippen molar-refractivity contribution in [2.45, 2.75) is 25.2 Å². The number of nitrogens with one attached hydrogen (secondary N) is 1. The quantitative estimate of drug-likeness (QED) is 0.720. The molecule has 0 saturated carbocycles. The molecule has 0 aliphatic carbocycles. The maximum Gasteiger partial charge on any atom is 0.270 e. The summed E-state index contributed by atoms with van der Waals surface area (Å²) in [4.78, 5) is 33.1. The first kappa shape index (κ1) is 19.0. The number of carbonyl (C=O) groups excluding carboxylic acids is 1. The van der Waals surface area contributed by atoms with Crippen LogP contribution in [0.15, 0.2) is 57.9 Å². The topological polar surface area (TPSA) is 88.4 Å². The normalized spacial score (nSPS) is 16.6. The summed E-state index contributed by atoms with van der Waals surface area (Å²) in [6.45, 7) is 1.17. The molecule has 1 N–H and O–H groups in total. The van der Waals surface area contributed by atoms with E-state index in [1.807, 2.05) is 24.3 Å². The molecule has 0 unspecified atom stereocenters. The molecule has 150 valence electrons. The second-order valence-electron chi connectivity index (χ2n) is 7.17. The van der Waals surface area contributed by atoms with Crippen molar-refractivity contribution in [3.63, 3.8) is 0 Å². The second-order valence-corrected chi connectivity index (χ2v) is 7.17. The average molecular weight is 393 g/mol. The van der Waals surface area contributed by atoms with Crippen LogP contribution in [0, 0.1) is 0 Å². The lowest BCUT2D eigenvalue weighted by Crippen LogP contribution is -2.40. The van der Waals surface area contributed by atoms with Gasteiger partial charge in [-0.3, -0.25) is 9.59 Å². The molecule has 1 amide bonds. The van der Waals surface area contributed by atoms with Crippen molar-refractivity contribution in [3.8, 4) is 5.75 Å². The fourth-order valence-electron chi connectivity index (χ4n) is 3.74. The van der Waals surface area contributed by atoms with Crippen LogP contribution >= 0.6 is 0 Å². The summed E-state index contributed by atoms with van der Waals surface area (Å²) in [6, 6.07) is 12.4. The number of piperidine rings is 1. The van der Waals surface area contributed by atoms with Gasteiger partial charge in [-0.25, -0.2) is 4.98 Å². The van der Waals surface area contributed by atoms with Gasteiger partial charge < -0.3 is 19.0 Å². The predicted octanol–water partition coefficient (Wildman–Crippen LogP) is 2.98. The number of amides is 1. The van der Waals surface area contributed by atoms with E-state index in [-0.39, 0.29) is 17.4 Å². The van der Waals surface area contributed by atoms with E-state index < -0.39 is 0 Å². The highest BCUT2D eigenvalue weighted by Gasteiger charge is 2.28. The fraction of sp³-hybridized carbons (Fsp3) is 0.318. The molecule has 1 atom stereocenters. The van der Waals surface area contributed by atoms with Gasteiger partial charge in [-0.15, -0.1) is 0 Å². The van der Waals surface area contributed by atoms with Gasteiger partial charge in [-0.2, -0.15) is 0 Å². The Bertz CT molecular complexity index is 1060. The largest absolute Gasteiger partial charge is 0.496 e. The van der Waals surface area contributed by atoms with Crippen molar-refractivity contribution in [2.75, 3.05) is 20.2 Å². The van der Waals surface area contributed by atoms with E-state index in [2.05, 4.69) is 9.97 Å². The number of benzene rings is 1. The minimum Gasteiger partial charge on any atom is -0.496 e. The third-order valence-corrected chi connectivity index (χ3v) is 5.19. The van der Waals surface area contributed by atoms with Crippen LogP contribution in [0.2, 0.25) is 0 Å². The maximum absolute atomic E-state index is 12.7. The van der Waals surface area contributed by atoms with Gasteiger partial charge in [0, 0.05) is 31.1 Å². The van der Waals surface area contributed by atoms with Gasteiger partial charge in [-0.1, -0.05) is 24.3 Å². The number of H-pyrrole nitrogens is 1. The van der Waals surface area contributed by atoms with Crippen molar-refractivity contribution in [3.05, 3.63) is 81.9 Å². The molecule has 3 aromatic rings. The highest BCUT2D eigenvalue weighted by molar-refractivity contribution is 5.92. The van der Waals surface area contributed by atoms with Gasteiger partial charge in [0.1, 0.15) is 17.2 Å². The summed E-state index contributed by atoms with van der Waals surface area (Å²) in [7, 11) is 1.65. The van der Waals surface area contributed by atoms with Crippen LogP contribution in [0.3, 0.4) is 0 Å². The Hall–Kier alpha value is -3.35. The maximum atomic E-state index is 12.7. The molecule has 0 radical (unpaired) electrons. The van der Waals surface area contributed by atoms with E-state index in [4.69, 9.17) is 9.15 Å². The number of oxazole rings is 1. The zero-order chi connectivity index (χ0) is 20.2. The Morgan fingerprint density at radius 1 is 1.28 bits per heavy atom. The monoisotopic (exact) mass is 393 g/mol. The van der Waals surface area contributed by atoms with Crippen LogP contribution in [0.1, 0.15) is 46.5 Å². The molecule has 4 rings (SSSR count). The summed E-state index contributed by atoms with van der Waals surface area (Å²) in [5, 5.41) is 0. The first-order valence-corrected chi connectivity index (χ1v) is 9.69. The SMILES string of the molecule is COc1ccccc1Cc1cnc([C@H]2CCCN(C(=O)c3cccc(=O)[nH]3)C2)o1. The van der Waals surface area contributed by atoms with Gasteiger partial charge >= 0.3 is 0 Å². The van der Waals surface area contributed by atoms with Crippen LogP contribution in [0.25, 0.3) is 0 Å². The third-order valence-electron chi connectivity index (χ3n) is 5.19. The number of pyridine rings is 1. The number of likely N-dealkylation sites (tertiary alicyclic amines) is 1. The molecule has 29 heavy (non-hydrogen) atoms. The summed E-state index contributed by atoms with van der Waals surface area (Å²) in [5.74, 6) is 2.09. The van der Waals surface area contributed by atoms with Crippen LogP contribution in [-0.4, -0.2) is 41.0 Å². The standard InChI is InChI=1S/C22H23N3O4/c1-28-19-9-3-2-6-15(19)12-17-13-23-21(29-17)16-7-5-11-25(14-16)22(27)18-8-4-10-20(26)24-18/h2-4,6,8-10,13,16H,5,7,11-12,14H2,1H3,(H,24,26)/t16-/m0/s1. The van der Waals surface area contributed by atoms with Crippen molar-refractivity contribution in [1.29, 1.82) is 0 Å². The number of hydrogen-bond donors (Lipinski definition) is 1. The Balaban J connectivity index is 1.46. The van der Waals surface area contributed by atoms with Gasteiger partial charge in [0.05, 0.1) is 19.2 Å². The van der Waals surface area contributed by atoms with Crippen molar-refractivity contribution < 1.29 is 13.9 Å². The number of carbonyl (C=O) groups is 1. The lowest BCUT2D eigenvalue weighted by Gasteiger charge is -2.31. The van der Waals surface area contributed by atoms with Gasteiger partial charge in [0.25, 0.3) is 5.91 Å². The van der Waals surface area contributed by atoms with Crippen molar-refractivity contribution in [1.82, 2.24) is 14.9 Å². The number of aromatic amines is 1. The first-order valence-electron chi connectivity index (χ1n) is 9.69. The summed E-state index contributed by atoms with van der Waals surface area (Å²) in [5.41, 5.74) is 1.06. The first-order chi connectivity index (χ1) is 14.1. The molecule has 1 fully saturated rings. The highest BCUT2D eigenvalue weighted by atomic mass is 16.5. The molecule has 7 heteroatoms. The lowest BCUT2D eigenvalue weighted by atomic mass is 9.97. The van der Waals surface area contributed by atoms with Crippen LogP contribution in [-0.2, 0) is 6.42 Å². The Morgan fingerprint density at radius 2 is 2.14 bits per heavy atom. The van der Waals surface area contributed by atoms with Gasteiger partial charge in [0.15, 0.2) is 5.89 Å². The van der Waals surface area contributed by atoms with E-state index in [9.17, 15) is 9.59 Å². The van der Waals surface area contributed by atoms with Crippen LogP contribution < -0.4 is 10.3 Å². The molecule has 1 aromatic carbocycles. The Kier molecular flexibility index (Phi) is 5.46. The van der Waals surface area contributed by atoms with E-state index >= 15 is 0 Å². The summed E-state index contributed by atoms with van der Waals surface area (Å²) in [6.07, 6.45) is 4.11. The molecule has 1 saturated heterocycles. The molecule has 1 aliphatic heterocycles. The van der Waals surface area contributed by atoms with Crippen molar-refractivity contribution >= 4 is 5.91 Å². The number of hydrogen-bond acceptors (Lipinski definition) is 5. The lowest BCUT2D eigenvalue weighted by molar-refractivity contribution is 0.0691. The van der Waals surface area contributed by atoms with Crippen LogP contribution in [0.4, 0.5) is 0 Å². The van der Waals surface area contributed by atoms with Crippen LogP contribution in [0.5, 0.6) is 5.75 Å². The minimum atomic E-state index is -0.280. The van der Waals surface area contributed by atoms with E-state index in [1.54, 1.807) is 30.3 Å². The Morgan fingerprint density at radius 3 is 2.97 bits per heavy atom. The molecule has 1 aliphatic rings. The number of aromatic nitrogens is 2. The summed E-state index contributed by atoms with van der Waals surface area (Å²) < 4.78 is 11.4. The molecule has 0 spiro atoms. The molecule has 7 nitrogen and oxygen atoms in total. The average Bonchev–Trinajstić information content (AvgIpc) is 3.22. The second kappa shape index (κ2) is 8.34. The zero-order valence-electron chi connectivity index (χ0n) is 16.3. The van der Waals surface area contributed by atoms with E-state index in [1.165, 1.54) is 6.07 Å². The number of nitrogens with zero attached hydrogens (tertiary/aromatic N) is 2. The smallest absolute Gasteiger partial charge is 0.270 e. The third kappa shape index (κ3) is 4.23. The zero-order valence-corrected chi connectivity index (χ0v) is 16.3. The highest BCUT2D eigenvalue weighted by Crippen LogP contribution is 2.29. The van der Waals surface area contributed by atoms with E-state index in [0.717, 1.165) is 29.9 Å². The summed E-state index contributed by atoms with van der Waals surface area (Å²) >= 11 is 0. The predicted molar refractivity (Wildman–Crippen MR) is 107 cm³/mol. The molecule has 0 bridgehead atoms. The van der Waals surface area contributed by atoms with Crippen molar-refractivity contribution in [2.24, 2.45) is 0 Å². The minimum absolute atomic E-state index is 0.0366. The number of rotatable bonds is 5. The molecular weight excluding hydrogens is 370 g/mol. The molecule has 3 heterocycles. The molecule has 2 aromatic heterocycles. The van der Waals surface area contributed by atoms with Gasteiger partial charge in [-0.05, 0) is 25.0 Å². The van der Waals surface area contributed by atoms with E-state index in [0.29, 0.717) is 31.1 Å². The fourth-order valence-corrected chi connectivity index (χ4v) is 3.74. The number of methoxy groups -OCH3 is 1. The number of ether oxygens (including phenoxy) is 1. The van der Waals surface area contributed by atoms with Gasteiger partial charge in [0.2, 0.25) is 5.56 Å². The number of para-hydroxylation sites is 1. The Labute approximate surface area is 168 Å². The molecular formula is C22H23N3O4.